The van der Waals surface area contributed by atoms with E-state index in [-0.39, 0.29) is 11.2 Å². The second-order valence-electron chi connectivity index (χ2n) is 4.63. The van der Waals surface area contributed by atoms with Gasteiger partial charge in [-0.25, -0.2) is 0 Å². The van der Waals surface area contributed by atoms with E-state index in [4.69, 9.17) is 4.74 Å². The molecule has 0 radical (unpaired) electrons. The van der Waals surface area contributed by atoms with Crippen LogP contribution in [0.25, 0.3) is 0 Å². The van der Waals surface area contributed by atoms with Crippen LogP contribution in [-0.2, 0) is 9.53 Å². The first-order chi connectivity index (χ1) is 5.35. The van der Waals surface area contributed by atoms with Crippen LogP contribution in [-0.4, -0.2) is 35.6 Å². The number of ether oxygens (including phenoxy) is 1. The number of rotatable bonds is 1. The lowest BCUT2D eigenvalue weighted by Crippen LogP contribution is -2.56. The van der Waals surface area contributed by atoms with Crippen molar-refractivity contribution in [1.29, 1.82) is 0 Å². The standard InChI is InChI=1S/C9H17NO2/c1-8(2)5-10(7-11)6-9(3,4)12-8/h7H,5-6H2,1-4H3. The predicted octanol–water partition coefficient (Wildman–Crippen LogP) is 1.03. The quantitative estimate of drug-likeness (QED) is 0.551. The molecule has 0 spiro atoms. The van der Waals surface area contributed by atoms with E-state index in [1.807, 2.05) is 27.7 Å². The number of hydrogen-bond acceptors (Lipinski definition) is 2. The molecule has 3 nitrogen and oxygen atoms in total. The molecule has 0 aromatic carbocycles. The molecule has 1 amide bonds. The first kappa shape index (κ1) is 9.52. The number of nitrogens with zero attached hydrogens (tertiary/aromatic N) is 1. The van der Waals surface area contributed by atoms with Gasteiger partial charge >= 0.3 is 0 Å². The molecule has 1 heterocycles. The first-order valence-electron chi connectivity index (χ1n) is 4.24. The van der Waals surface area contributed by atoms with Gasteiger partial charge in [0.25, 0.3) is 0 Å². The minimum Gasteiger partial charge on any atom is -0.366 e. The fraction of sp³-hybridized carbons (Fsp3) is 0.889. The maximum absolute atomic E-state index is 10.6. The van der Waals surface area contributed by atoms with Gasteiger partial charge in [-0.3, -0.25) is 4.79 Å². The number of amides is 1. The SMILES string of the molecule is CC1(C)CN(C=O)CC(C)(C)O1. The maximum atomic E-state index is 10.6. The molecule has 1 rings (SSSR count). The maximum Gasteiger partial charge on any atom is 0.209 e. The lowest BCUT2D eigenvalue weighted by Gasteiger charge is -2.45. The van der Waals surface area contributed by atoms with E-state index >= 15 is 0 Å². The van der Waals surface area contributed by atoms with Crippen molar-refractivity contribution in [2.75, 3.05) is 13.1 Å². The number of carbonyl (C=O) groups excluding carboxylic acids is 1. The Morgan fingerprint density at radius 2 is 1.58 bits per heavy atom. The lowest BCUT2D eigenvalue weighted by atomic mass is 10.00. The second kappa shape index (κ2) is 2.73. The highest BCUT2D eigenvalue weighted by Gasteiger charge is 2.37. The molecular weight excluding hydrogens is 154 g/mol. The normalized spacial score (nSPS) is 26.8. The van der Waals surface area contributed by atoms with Gasteiger partial charge in [-0.1, -0.05) is 0 Å². The van der Waals surface area contributed by atoms with E-state index < -0.39 is 0 Å². The molecule has 3 heteroatoms. The predicted molar refractivity (Wildman–Crippen MR) is 46.9 cm³/mol. The van der Waals surface area contributed by atoms with Crippen LogP contribution in [0.15, 0.2) is 0 Å². The van der Waals surface area contributed by atoms with E-state index in [1.54, 1.807) is 4.90 Å². The lowest BCUT2D eigenvalue weighted by molar-refractivity contribution is -0.181. The summed E-state index contributed by atoms with van der Waals surface area (Å²) in [4.78, 5) is 12.4. The highest BCUT2D eigenvalue weighted by molar-refractivity contribution is 5.47. The third kappa shape index (κ3) is 2.21. The van der Waals surface area contributed by atoms with Crippen LogP contribution in [0.2, 0.25) is 0 Å². The van der Waals surface area contributed by atoms with E-state index in [2.05, 4.69) is 0 Å². The summed E-state index contributed by atoms with van der Waals surface area (Å²) in [7, 11) is 0. The molecule has 12 heavy (non-hydrogen) atoms. The fourth-order valence-corrected chi connectivity index (χ4v) is 1.92. The van der Waals surface area contributed by atoms with Gasteiger partial charge in [0, 0.05) is 13.1 Å². The summed E-state index contributed by atoms with van der Waals surface area (Å²) >= 11 is 0. The Labute approximate surface area is 73.7 Å². The fourth-order valence-electron chi connectivity index (χ4n) is 1.92. The molecule has 0 aliphatic carbocycles. The van der Waals surface area contributed by atoms with Gasteiger partial charge in [-0.2, -0.15) is 0 Å². The molecule has 70 valence electrons. The molecule has 0 atom stereocenters. The number of hydrogen-bond donors (Lipinski definition) is 0. The Bertz CT molecular complexity index is 171. The Hall–Kier alpha value is -0.570. The zero-order valence-electron chi connectivity index (χ0n) is 8.26. The minimum atomic E-state index is -0.220. The summed E-state index contributed by atoms with van der Waals surface area (Å²) in [5.74, 6) is 0. The number of carbonyl (C=O) groups is 1. The Morgan fingerprint density at radius 3 is 1.92 bits per heavy atom. The zero-order chi connectivity index (χ0) is 9.41. The van der Waals surface area contributed by atoms with E-state index in [0.29, 0.717) is 13.1 Å². The van der Waals surface area contributed by atoms with E-state index in [0.717, 1.165) is 6.41 Å². The third-order valence-electron chi connectivity index (χ3n) is 1.87. The average Bonchev–Trinajstić information content (AvgIpc) is 1.80. The van der Waals surface area contributed by atoms with Gasteiger partial charge in [0.1, 0.15) is 0 Å². The Kier molecular flexibility index (Phi) is 2.17. The summed E-state index contributed by atoms with van der Waals surface area (Å²) in [6.07, 6.45) is 0.895. The van der Waals surface area contributed by atoms with Gasteiger partial charge in [0.2, 0.25) is 6.41 Å². The summed E-state index contributed by atoms with van der Waals surface area (Å²) < 4.78 is 5.79. The van der Waals surface area contributed by atoms with Crippen molar-refractivity contribution in [3.8, 4) is 0 Å². The molecule has 1 aliphatic rings. The van der Waals surface area contributed by atoms with E-state index in [9.17, 15) is 4.79 Å². The van der Waals surface area contributed by atoms with Gasteiger partial charge in [-0.15, -0.1) is 0 Å². The smallest absolute Gasteiger partial charge is 0.209 e. The van der Waals surface area contributed by atoms with Gasteiger partial charge in [0.15, 0.2) is 0 Å². The molecule has 0 N–H and O–H groups in total. The van der Waals surface area contributed by atoms with Crippen LogP contribution in [0.1, 0.15) is 27.7 Å². The van der Waals surface area contributed by atoms with Crippen LogP contribution < -0.4 is 0 Å². The summed E-state index contributed by atoms with van der Waals surface area (Å²) in [6, 6.07) is 0. The van der Waals surface area contributed by atoms with Crippen LogP contribution >= 0.6 is 0 Å². The van der Waals surface area contributed by atoms with Gasteiger partial charge in [0.05, 0.1) is 11.2 Å². The topological polar surface area (TPSA) is 29.5 Å². The summed E-state index contributed by atoms with van der Waals surface area (Å²) in [6.45, 7) is 9.38. The molecule has 1 aliphatic heterocycles. The highest BCUT2D eigenvalue weighted by Crippen LogP contribution is 2.26. The van der Waals surface area contributed by atoms with Crippen molar-refractivity contribution in [1.82, 2.24) is 4.90 Å². The molecule has 1 saturated heterocycles. The van der Waals surface area contributed by atoms with Crippen LogP contribution in [0.4, 0.5) is 0 Å². The Balaban J connectivity index is 2.72. The molecule has 0 bridgehead atoms. The van der Waals surface area contributed by atoms with Gasteiger partial charge in [-0.05, 0) is 27.7 Å². The second-order valence-corrected chi connectivity index (χ2v) is 4.63. The summed E-state index contributed by atoms with van der Waals surface area (Å²) in [5, 5.41) is 0. The summed E-state index contributed by atoms with van der Waals surface area (Å²) in [5.41, 5.74) is -0.439. The first-order valence-corrected chi connectivity index (χ1v) is 4.24. The highest BCUT2D eigenvalue weighted by atomic mass is 16.5. The molecule has 0 aromatic heterocycles. The van der Waals surface area contributed by atoms with Crippen LogP contribution in [0, 0.1) is 0 Å². The Morgan fingerprint density at radius 1 is 1.17 bits per heavy atom. The molecular formula is C9H17NO2. The monoisotopic (exact) mass is 171 g/mol. The van der Waals surface area contributed by atoms with Crippen LogP contribution in [0.5, 0.6) is 0 Å². The van der Waals surface area contributed by atoms with Crippen molar-refractivity contribution in [3.63, 3.8) is 0 Å². The van der Waals surface area contributed by atoms with Crippen molar-refractivity contribution in [3.05, 3.63) is 0 Å². The van der Waals surface area contributed by atoms with E-state index in [1.165, 1.54) is 0 Å². The molecule has 0 saturated carbocycles. The zero-order valence-corrected chi connectivity index (χ0v) is 8.26. The molecule has 0 aromatic rings. The van der Waals surface area contributed by atoms with Crippen molar-refractivity contribution in [2.24, 2.45) is 0 Å². The molecule has 0 unspecified atom stereocenters. The van der Waals surface area contributed by atoms with Crippen molar-refractivity contribution >= 4 is 6.41 Å². The largest absolute Gasteiger partial charge is 0.366 e. The van der Waals surface area contributed by atoms with Crippen LogP contribution in [0.3, 0.4) is 0 Å². The number of morpholine rings is 1. The van der Waals surface area contributed by atoms with Crippen molar-refractivity contribution in [2.45, 2.75) is 38.9 Å². The molecule has 1 fully saturated rings. The average molecular weight is 171 g/mol. The minimum absolute atomic E-state index is 0.220. The van der Waals surface area contributed by atoms with Crippen molar-refractivity contribution < 1.29 is 9.53 Å². The van der Waals surface area contributed by atoms with Gasteiger partial charge < -0.3 is 9.64 Å². The third-order valence-corrected chi connectivity index (χ3v) is 1.87.